The van der Waals surface area contributed by atoms with Crippen LogP contribution < -0.4 is 5.32 Å². The molecule has 1 N–H and O–H groups in total. The molecule has 0 amide bonds. The third-order valence-corrected chi connectivity index (χ3v) is 6.04. The molecule has 2 aliphatic rings. The first kappa shape index (κ1) is 13.3. The summed E-state index contributed by atoms with van der Waals surface area (Å²) < 4.78 is 26.2. The van der Waals surface area contributed by atoms with Gasteiger partial charge in [0.05, 0.1) is 5.75 Å². The predicted octanol–water partition coefficient (Wildman–Crippen LogP) is 1.05. The van der Waals surface area contributed by atoms with Crippen molar-refractivity contribution >= 4 is 10.0 Å². The Hall–Kier alpha value is -0.130. The highest BCUT2D eigenvalue weighted by Crippen LogP contribution is 2.26. The maximum Gasteiger partial charge on any atom is 0.215 e. The maximum absolute atomic E-state index is 12.2. The molecule has 0 spiro atoms. The molecule has 0 aromatic rings. The van der Waals surface area contributed by atoms with Crippen molar-refractivity contribution in [2.45, 2.75) is 39.2 Å². The summed E-state index contributed by atoms with van der Waals surface area (Å²) in [6.07, 6.45) is 3.13. The standard InChI is InChI=1S/C12H24N2O2S/c1-10(2)11-5-7-14(8-11)17(15,16)9-12-4-3-6-13-12/h10-13H,3-9H2,1-2H3. The SMILES string of the molecule is CC(C)C1CCN(S(=O)(=O)CC2CCCN2)C1. The van der Waals surface area contributed by atoms with Gasteiger partial charge in [-0.1, -0.05) is 13.8 Å². The van der Waals surface area contributed by atoms with E-state index in [1.807, 2.05) is 0 Å². The third kappa shape index (κ3) is 3.20. The minimum absolute atomic E-state index is 0.179. The number of sulfonamides is 1. The fourth-order valence-electron chi connectivity index (χ4n) is 2.81. The summed E-state index contributed by atoms with van der Waals surface area (Å²) in [5.74, 6) is 1.42. The molecule has 2 rings (SSSR count). The molecule has 0 saturated carbocycles. The minimum atomic E-state index is -3.04. The number of hydrogen-bond acceptors (Lipinski definition) is 3. The summed E-state index contributed by atoms with van der Waals surface area (Å²) in [5, 5.41) is 3.26. The highest BCUT2D eigenvalue weighted by molar-refractivity contribution is 7.89. The number of nitrogens with one attached hydrogen (secondary N) is 1. The van der Waals surface area contributed by atoms with Crippen LogP contribution in [0.25, 0.3) is 0 Å². The van der Waals surface area contributed by atoms with Crippen LogP contribution in [0.2, 0.25) is 0 Å². The van der Waals surface area contributed by atoms with Crippen LogP contribution in [0.15, 0.2) is 0 Å². The van der Waals surface area contributed by atoms with E-state index in [1.54, 1.807) is 4.31 Å². The van der Waals surface area contributed by atoms with Gasteiger partial charge in [0.15, 0.2) is 0 Å². The second-order valence-electron chi connectivity index (χ2n) is 5.72. The topological polar surface area (TPSA) is 49.4 Å². The molecule has 2 fully saturated rings. The Morgan fingerprint density at radius 1 is 1.35 bits per heavy atom. The van der Waals surface area contributed by atoms with Gasteiger partial charge < -0.3 is 5.32 Å². The van der Waals surface area contributed by atoms with Crippen LogP contribution in [0.4, 0.5) is 0 Å². The zero-order valence-corrected chi connectivity index (χ0v) is 11.7. The molecule has 17 heavy (non-hydrogen) atoms. The summed E-state index contributed by atoms with van der Waals surface area (Å²) >= 11 is 0. The van der Waals surface area contributed by atoms with Crippen LogP contribution in [0.1, 0.15) is 33.1 Å². The molecule has 0 bridgehead atoms. The lowest BCUT2D eigenvalue weighted by Crippen LogP contribution is -2.38. The first-order valence-electron chi connectivity index (χ1n) is 6.70. The van der Waals surface area contributed by atoms with Gasteiger partial charge in [0, 0.05) is 19.1 Å². The molecule has 0 aromatic heterocycles. The van der Waals surface area contributed by atoms with Gasteiger partial charge in [-0.25, -0.2) is 12.7 Å². The van der Waals surface area contributed by atoms with Gasteiger partial charge in [-0.05, 0) is 37.6 Å². The van der Waals surface area contributed by atoms with Gasteiger partial charge >= 0.3 is 0 Å². The van der Waals surface area contributed by atoms with Crippen LogP contribution in [-0.4, -0.2) is 44.2 Å². The van der Waals surface area contributed by atoms with E-state index < -0.39 is 10.0 Å². The molecule has 100 valence electrons. The van der Waals surface area contributed by atoms with Crippen molar-refractivity contribution in [3.05, 3.63) is 0 Å². The Balaban J connectivity index is 1.92. The van der Waals surface area contributed by atoms with Crippen molar-refractivity contribution in [1.82, 2.24) is 9.62 Å². The van der Waals surface area contributed by atoms with E-state index in [1.165, 1.54) is 0 Å². The summed E-state index contributed by atoms with van der Waals surface area (Å²) in [6, 6.07) is 0.179. The van der Waals surface area contributed by atoms with E-state index in [9.17, 15) is 8.42 Å². The van der Waals surface area contributed by atoms with Crippen molar-refractivity contribution in [1.29, 1.82) is 0 Å². The zero-order chi connectivity index (χ0) is 12.5. The molecule has 2 heterocycles. The molecular formula is C12H24N2O2S. The first-order valence-corrected chi connectivity index (χ1v) is 8.31. The maximum atomic E-state index is 12.2. The fourth-order valence-corrected chi connectivity index (χ4v) is 4.62. The first-order chi connectivity index (χ1) is 7.99. The Labute approximate surface area is 105 Å². The average molecular weight is 260 g/mol. The van der Waals surface area contributed by atoms with Crippen molar-refractivity contribution in [2.24, 2.45) is 11.8 Å². The van der Waals surface area contributed by atoms with Crippen LogP contribution in [0.5, 0.6) is 0 Å². The summed E-state index contributed by atoms with van der Waals surface area (Å²) in [6.45, 7) is 6.78. The lowest BCUT2D eigenvalue weighted by atomic mass is 9.96. The van der Waals surface area contributed by atoms with E-state index in [0.29, 0.717) is 11.8 Å². The van der Waals surface area contributed by atoms with Crippen molar-refractivity contribution < 1.29 is 8.42 Å². The third-order valence-electron chi connectivity index (χ3n) is 4.10. The fraction of sp³-hybridized carbons (Fsp3) is 1.00. The van der Waals surface area contributed by atoms with E-state index in [2.05, 4.69) is 19.2 Å². The van der Waals surface area contributed by atoms with E-state index in [-0.39, 0.29) is 11.8 Å². The number of hydrogen-bond donors (Lipinski definition) is 1. The smallest absolute Gasteiger partial charge is 0.215 e. The summed E-state index contributed by atoms with van der Waals surface area (Å²) in [5.41, 5.74) is 0. The molecule has 0 radical (unpaired) electrons. The van der Waals surface area contributed by atoms with Crippen molar-refractivity contribution in [3.63, 3.8) is 0 Å². The summed E-state index contributed by atoms with van der Waals surface area (Å²) in [4.78, 5) is 0. The molecule has 0 aliphatic carbocycles. The van der Waals surface area contributed by atoms with Crippen LogP contribution in [-0.2, 0) is 10.0 Å². The molecule has 2 aliphatic heterocycles. The molecule has 4 nitrogen and oxygen atoms in total. The van der Waals surface area contributed by atoms with Crippen LogP contribution in [0.3, 0.4) is 0 Å². The molecule has 0 aromatic carbocycles. The van der Waals surface area contributed by atoms with Gasteiger partial charge in [0.1, 0.15) is 0 Å². The van der Waals surface area contributed by atoms with Gasteiger partial charge in [0.2, 0.25) is 10.0 Å². The van der Waals surface area contributed by atoms with Crippen molar-refractivity contribution in [2.75, 3.05) is 25.4 Å². The van der Waals surface area contributed by atoms with Crippen LogP contribution in [0, 0.1) is 11.8 Å². The van der Waals surface area contributed by atoms with Gasteiger partial charge in [-0.2, -0.15) is 0 Å². The second-order valence-corrected chi connectivity index (χ2v) is 7.74. The minimum Gasteiger partial charge on any atom is -0.313 e. The molecule has 2 saturated heterocycles. The number of rotatable bonds is 4. The molecular weight excluding hydrogens is 236 g/mol. The van der Waals surface area contributed by atoms with Gasteiger partial charge in [-0.15, -0.1) is 0 Å². The van der Waals surface area contributed by atoms with Gasteiger partial charge in [-0.3, -0.25) is 0 Å². The Bertz CT molecular complexity index is 348. The second kappa shape index (κ2) is 5.24. The largest absolute Gasteiger partial charge is 0.313 e. The lowest BCUT2D eigenvalue weighted by molar-refractivity contribution is 0.387. The van der Waals surface area contributed by atoms with E-state index >= 15 is 0 Å². The Kier molecular flexibility index (Phi) is 4.10. The van der Waals surface area contributed by atoms with Crippen LogP contribution >= 0.6 is 0 Å². The Morgan fingerprint density at radius 3 is 2.65 bits per heavy atom. The zero-order valence-electron chi connectivity index (χ0n) is 10.9. The summed E-state index contributed by atoms with van der Waals surface area (Å²) in [7, 11) is -3.04. The molecule has 2 unspecified atom stereocenters. The monoisotopic (exact) mass is 260 g/mol. The highest BCUT2D eigenvalue weighted by Gasteiger charge is 2.34. The van der Waals surface area contributed by atoms with E-state index in [4.69, 9.17) is 0 Å². The van der Waals surface area contributed by atoms with Crippen molar-refractivity contribution in [3.8, 4) is 0 Å². The molecule has 2 atom stereocenters. The lowest BCUT2D eigenvalue weighted by Gasteiger charge is -2.20. The number of nitrogens with zero attached hydrogens (tertiary/aromatic N) is 1. The quantitative estimate of drug-likeness (QED) is 0.822. The normalized spacial score (nSPS) is 31.5. The predicted molar refractivity (Wildman–Crippen MR) is 69.3 cm³/mol. The Morgan fingerprint density at radius 2 is 2.12 bits per heavy atom. The van der Waals surface area contributed by atoms with Gasteiger partial charge in [0.25, 0.3) is 0 Å². The average Bonchev–Trinajstić information content (AvgIpc) is 2.84. The molecule has 5 heteroatoms. The van der Waals surface area contributed by atoms with E-state index in [0.717, 1.165) is 38.9 Å². The highest BCUT2D eigenvalue weighted by atomic mass is 32.2.